The molecule has 6 nitrogen and oxygen atoms in total. The van der Waals surface area contributed by atoms with Crippen molar-refractivity contribution in [2.24, 2.45) is 4.99 Å². The predicted molar refractivity (Wildman–Crippen MR) is 139 cm³/mol. The number of thiazole rings is 1. The number of carbonyl (C=O) groups is 1. The summed E-state index contributed by atoms with van der Waals surface area (Å²) in [5, 5.41) is 0. The Morgan fingerprint density at radius 3 is 2.62 bits per heavy atom. The van der Waals surface area contributed by atoms with Gasteiger partial charge in [0.1, 0.15) is 5.75 Å². The van der Waals surface area contributed by atoms with E-state index in [1.54, 1.807) is 43.4 Å². The molecule has 0 aliphatic carbocycles. The van der Waals surface area contributed by atoms with Crippen molar-refractivity contribution < 1.29 is 14.3 Å². The third-order valence-corrected chi connectivity index (χ3v) is 7.77. The molecule has 3 aromatic rings. The summed E-state index contributed by atoms with van der Waals surface area (Å²) in [6, 6.07) is 12.9. The molecular formula is C25H23BrN2O4S2. The molecule has 0 radical (unpaired) electrons. The number of benzene rings is 2. The number of thioether (sulfide) groups is 1. The fourth-order valence-corrected chi connectivity index (χ4v) is 5.82. The fourth-order valence-electron chi connectivity index (χ4n) is 3.81. The highest BCUT2D eigenvalue weighted by molar-refractivity contribution is 9.10. The molecule has 0 amide bonds. The Morgan fingerprint density at radius 1 is 1.26 bits per heavy atom. The highest BCUT2D eigenvalue weighted by Gasteiger charge is 2.33. The van der Waals surface area contributed by atoms with Crippen LogP contribution in [0.3, 0.4) is 0 Å². The lowest BCUT2D eigenvalue weighted by Gasteiger charge is -2.25. The van der Waals surface area contributed by atoms with Gasteiger partial charge in [-0.2, -0.15) is 0 Å². The highest BCUT2D eigenvalue weighted by atomic mass is 79.9. The summed E-state index contributed by atoms with van der Waals surface area (Å²) < 4.78 is 13.6. The quantitative estimate of drug-likeness (QED) is 0.333. The lowest BCUT2D eigenvalue weighted by molar-refractivity contribution is -0.139. The van der Waals surface area contributed by atoms with Crippen LogP contribution in [0.15, 0.2) is 72.9 Å². The zero-order valence-electron chi connectivity index (χ0n) is 19.1. The maximum Gasteiger partial charge on any atom is 0.338 e. The summed E-state index contributed by atoms with van der Waals surface area (Å²) in [4.78, 5) is 32.9. The summed E-state index contributed by atoms with van der Waals surface area (Å²) in [6.45, 7) is 3.76. The molecule has 1 aliphatic heterocycles. The van der Waals surface area contributed by atoms with E-state index in [2.05, 4.69) is 20.9 Å². The molecule has 0 fully saturated rings. The van der Waals surface area contributed by atoms with E-state index in [1.165, 1.54) is 11.3 Å². The Morgan fingerprint density at radius 2 is 2.00 bits per heavy atom. The van der Waals surface area contributed by atoms with Crippen molar-refractivity contribution in [1.82, 2.24) is 4.57 Å². The smallest absolute Gasteiger partial charge is 0.338 e. The molecule has 1 atom stereocenters. The van der Waals surface area contributed by atoms with Gasteiger partial charge in [-0.1, -0.05) is 29.5 Å². The van der Waals surface area contributed by atoms with Crippen molar-refractivity contribution in [3.05, 3.63) is 89.0 Å². The number of fused-ring (bicyclic) bond motifs is 1. The summed E-state index contributed by atoms with van der Waals surface area (Å²) >= 11 is 6.49. The first-order valence-corrected chi connectivity index (χ1v) is 13.4. The van der Waals surface area contributed by atoms with E-state index in [4.69, 9.17) is 9.47 Å². The standard InChI is InChI=1S/C25H23BrN2O4S2/c1-5-32-24(30)21-14(2)27-25-28(22(21)16-8-11-19(31-3)18(26)13-16)23(29)20(34-25)12-15-6-9-17(33-4)10-7-15/h6-13,22H,5H2,1-4H3. The first-order chi connectivity index (χ1) is 16.4. The number of methoxy groups -OCH3 is 1. The van der Waals surface area contributed by atoms with Crippen LogP contribution in [0.25, 0.3) is 6.08 Å². The summed E-state index contributed by atoms with van der Waals surface area (Å²) in [5.74, 6) is 0.172. The molecule has 176 valence electrons. The number of aromatic nitrogens is 1. The Kier molecular flexibility index (Phi) is 7.45. The van der Waals surface area contributed by atoms with Gasteiger partial charge in [0.2, 0.25) is 0 Å². The third-order valence-electron chi connectivity index (χ3n) is 5.42. The van der Waals surface area contributed by atoms with E-state index in [1.807, 2.05) is 48.7 Å². The van der Waals surface area contributed by atoms with Crippen LogP contribution < -0.4 is 19.6 Å². The molecule has 4 rings (SSSR count). The lowest BCUT2D eigenvalue weighted by atomic mass is 9.96. The molecule has 0 spiro atoms. The minimum atomic E-state index is -0.668. The zero-order chi connectivity index (χ0) is 24.4. The van der Waals surface area contributed by atoms with Crippen molar-refractivity contribution >= 4 is 51.1 Å². The van der Waals surface area contributed by atoms with Gasteiger partial charge in [-0.15, -0.1) is 11.8 Å². The molecule has 0 saturated carbocycles. The number of esters is 1. The maximum absolute atomic E-state index is 13.6. The molecule has 1 unspecified atom stereocenters. The molecule has 34 heavy (non-hydrogen) atoms. The van der Waals surface area contributed by atoms with Crippen LogP contribution in [0.4, 0.5) is 0 Å². The number of nitrogens with zero attached hydrogens (tertiary/aromatic N) is 2. The molecule has 1 aromatic heterocycles. The number of hydrogen-bond acceptors (Lipinski definition) is 7. The van der Waals surface area contributed by atoms with Gasteiger partial charge in [-0.05, 0) is 77.5 Å². The second-order valence-electron chi connectivity index (χ2n) is 7.47. The minimum Gasteiger partial charge on any atom is -0.496 e. The molecule has 0 saturated heterocycles. The highest BCUT2D eigenvalue weighted by Crippen LogP contribution is 2.35. The van der Waals surface area contributed by atoms with Crippen molar-refractivity contribution in [2.75, 3.05) is 20.0 Å². The van der Waals surface area contributed by atoms with E-state index in [0.717, 1.165) is 20.5 Å². The van der Waals surface area contributed by atoms with Crippen molar-refractivity contribution in [3.8, 4) is 5.75 Å². The second-order valence-corrected chi connectivity index (χ2v) is 10.2. The van der Waals surface area contributed by atoms with Gasteiger partial charge >= 0.3 is 5.97 Å². The van der Waals surface area contributed by atoms with Gasteiger partial charge in [0.15, 0.2) is 4.80 Å². The van der Waals surface area contributed by atoms with Crippen LogP contribution >= 0.6 is 39.0 Å². The fraction of sp³-hybridized carbons (Fsp3) is 0.240. The first kappa shape index (κ1) is 24.5. The second kappa shape index (κ2) is 10.3. The van der Waals surface area contributed by atoms with Gasteiger partial charge in [0.05, 0.1) is 40.0 Å². The van der Waals surface area contributed by atoms with E-state index < -0.39 is 12.0 Å². The van der Waals surface area contributed by atoms with Gasteiger partial charge in [-0.25, -0.2) is 9.79 Å². The normalized spacial score (nSPS) is 15.7. The monoisotopic (exact) mass is 558 g/mol. The van der Waals surface area contributed by atoms with Gasteiger partial charge < -0.3 is 9.47 Å². The van der Waals surface area contributed by atoms with Gasteiger partial charge in [-0.3, -0.25) is 9.36 Å². The van der Waals surface area contributed by atoms with Crippen LogP contribution in [-0.4, -0.2) is 30.5 Å². The lowest BCUT2D eigenvalue weighted by Crippen LogP contribution is -2.39. The molecule has 2 aromatic carbocycles. The Labute approximate surface area is 213 Å². The average molecular weight is 560 g/mol. The predicted octanol–water partition coefficient (Wildman–Crippen LogP) is 4.29. The number of halogens is 1. The van der Waals surface area contributed by atoms with Crippen LogP contribution in [0.1, 0.15) is 31.0 Å². The van der Waals surface area contributed by atoms with Crippen LogP contribution in [0.2, 0.25) is 0 Å². The molecule has 2 heterocycles. The largest absolute Gasteiger partial charge is 0.496 e. The molecular weight excluding hydrogens is 536 g/mol. The average Bonchev–Trinajstić information content (AvgIpc) is 3.13. The number of rotatable bonds is 6. The maximum atomic E-state index is 13.6. The van der Waals surface area contributed by atoms with Gasteiger partial charge in [0.25, 0.3) is 5.56 Å². The number of ether oxygens (including phenoxy) is 2. The van der Waals surface area contributed by atoms with Crippen molar-refractivity contribution in [3.63, 3.8) is 0 Å². The molecule has 0 N–H and O–H groups in total. The van der Waals surface area contributed by atoms with E-state index in [9.17, 15) is 9.59 Å². The number of allylic oxidation sites excluding steroid dienone is 1. The zero-order valence-corrected chi connectivity index (χ0v) is 22.3. The van der Waals surface area contributed by atoms with E-state index >= 15 is 0 Å². The molecule has 9 heteroatoms. The number of carbonyl (C=O) groups excluding carboxylic acids is 1. The molecule has 1 aliphatic rings. The summed E-state index contributed by atoms with van der Waals surface area (Å²) in [6.07, 6.45) is 3.88. The van der Waals surface area contributed by atoms with Crippen LogP contribution in [0.5, 0.6) is 5.75 Å². The summed E-state index contributed by atoms with van der Waals surface area (Å²) in [7, 11) is 1.59. The summed E-state index contributed by atoms with van der Waals surface area (Å²) in [5.41, 5.74) is 2.36. The first-order valence-electron chi connectivity index (χ1n) is 10.5. The van der Waals surface area contributed by atoms with E-state index in [0.29, 0.717) is 26.4 Å². The van der Waals surface area contributed by atoms with E-state index in [-0.39, 0.29) is 12.2 Å². The molecule has 0 bridgehead atoms. The van der Waals surface area contributed by atoms with Crippen LogP contribution in [-0.2, 0) is 9.53 Å². The SMILES string of the molecule is CCOC(=O)C1=C(C)N=c2sc(=Cc3ccc(SC)cc3)c(=O)n2C1c1ccc(OC)c(Br)c1. The van der Waals surface area contributed by atoms with Crippen molar-refractivity contribution in [2.45, 2.75) is 24.8 Å². The topological polar surface area (TPSA) is 69.9 Å². The third kappa shape index (κ3) is 4.64. The van der Waals surface area contributed by atoms with Crippen molar-refractivity contribution in [1.29, 1.82) is 0 Å². The Hall–Kier alpha value is -2.62. The Balaban J connectivity index is 1.93. The van der Waals surface area contributed by atoms with Gasteiger partial charge in [0, 0.05) is 4.90 Å². The number of hydrogen-bond donors (Lipinski definition) is 0. The Bertz CT molecular complexity index is 1460. The minimum absolute atomic E-state index is 0.205. The van der Waals surface area contributed by atoms with Crippen LogP contribution in [0, 0.1) is 0 Å².